The fourth-order valence-corrected chi connectivity index (χ4v) is 3.19. The maximum absolute atomic E-state index is 12.0. The second kappa shape index (κ2) is 4.66. The largest absolute Gasteiger partial charge is 0.329 e. The molecule has 98 valence electrons. The van der Waals surface area contributed by atoms with E-state index in [0.717, 1.165) is 11.3 Å². The topological polar surface area (TPSA) is 46.2 Å². The zero-order chi connectivity index (χ0) is 13.6. The smallest absolute Gasteiger partial charge is 0.225 e. The van der Waals surface area contributed by atoms with Gasteiger partial charge in [0.05, 0.1) is 0 Å². The summed E-state index contributed by atoms with van der Waals surface area (Å²) in [5, 5.41) is 3.88. The monoisotopic (exact) mass is 295 g/mol. The molecule has 0 saturated carbocycles. The lowest BCUT2D eigenvalue weighted by molar-refractivity contribution is -0.121. The summed E-state index contributed by atoms with van der Waals surface area (Å²) in [6.07, 6.45) is 1.30. The Morgan fingerprint density at radius 1 is 1.16 bits per heavy atom. The first kappa shape index (κ1) is 12.7. The van der Waals surface area contributed by atoms with Gasteiger partial charge in [-0.2, -0.15) is 0 Å². The van der Waals surface area contributed by atoms with Crippen molar-refractivity contribution in [3.8, 4) is 0 Å². The molecule has 0 bridgehead atoms. The highest BCUT2D eigenvalue weighted by atomic mass is 35.5. The van der Waals surface area contributed by atoms with Gasteiger partial charge in [-0.1, -0.05) is 23.2 Å². The molecule has 5 heteroatoms. The van der Waals surface area contributed by atoms with Crippen molar-refractivity contribution in [2.45, 2.75) is 25.2 Å². The Balaban J connectivity index is 2.12. The lowest BCUT2D eigenvalue weighted by atomic mass is 9.84. The van der Waals surface area contributed by atoms with Crippen LogP contribution in [0.5, 0.6) is 0 Å². The summed E-state index contributed by atoms with van der Waals surface area (Å²) >= 11 is 12.2. The Morgan fingerprint density at radius 2 is 1.95 bits per heavy atom. The maximum atomic E-state index is 12.0. The maximum Gasteiger partial charge on any atom is 0.225 e. The first-order valence-electron chi connectivity index (χ1n) is 6.07. The van der Waals surface area contributed by atoms with E-state index in [9.17, 15) is 9.59 Å². The normalized spacial score (nSPS) is 22.5. The third kappa shape index (κ3) is 2.17. The van der Waals surface area contributed by atoms with E-state index in [-0.39, 0.29) is 24.0 Å². The van der Waals surface area contributed by atoms with Crippen LogP contribution in [-0.4, -0.2) is 11.7 Å². The van der Waals surface area contributed by atoms with Crippen LogP contribution in [0.3, 0.4) is 0 Å². The molecule has 3 nitrogen and oxygen atoms in total. The molecule has 1 unspecified atom stereocenters. The Bertz CT molecular complexity index is 622. The molecular weight excluding hydrogens is 285 g/mol. The number of nitrogens with one attached hydrogen (secondary N) is 1. The fraction of sp³-hybridized carbons (Fsp3) is 0.286. The molecular formula is C14H11Cl2NO2. The van der Waals surface area contributed by atoms with E-state index < -0.39 is 0 Å². The summed E-state index contributed by atoms with van der Waals surface area (Å²) in [6.45, 7) is 0. The average Bonchev–Trinajstić information content (AvgIpc) is 2.73. The molecule has 0 fully saturated rings. The number of carbonyl (C=O) groups excluding carboxylic acids is 2. The average molecular weight is 296 g/mol. The van der Waals surface area contributed by atoms with Gasteiger partial charge >= 0.3 is 0 Å². The second-order valence-corrected chi connectivity index (χ2v) is 5.63. The van der Waals surface area contributed by atoms with Gasteiger partial charge in [0.1, 0.15) is 0 Å². The first-order valence-corrected chi connectivity index (χ1v) is 6.83. The van der Waals surface area contributed by atoms with Crippen LogP contribution < -0.4 is 5.32 Å². The number of Topliss-reactive ketones (excluding diaryl/α,β-unsaturated/α-hetero) is 1. The van der Waals surface area contributed by atoms with Crippen molar-refractivity contribution >= 4 is 34.9 Å². The summed E-state index contributed by atoms with van der Waals surface area (Å²) in [5.41, 5.74) is 2.21. The molecule has 3 rings (SSSR count). The van der Waals surface area contributed by atoms with E-state index >= 15 is 0 Å². The minimum atomic E-state index is -0.273. The van der Waals surface area contributed by atoms with Crippen molar-refractivity contribution < 1.29 is 9.59 Å². The van der Waals surface area contributed by atoms with Crippen LogP contribution in [0, 0.1) is 0 Å². The van der Waals surface area contributed by atoms with Gasteiger partial charge < -0.3 is 5.32 Å². The third-order valence-electron chi connectivity index (χ3n) is 3.59. The fourth-order valence-electron chi connectivity index (χ4n) is 2.76. The van der Waals surface area contributed by atoms with Crippen LogP contribution in [0.1, 0.15) is 30.7 Å². The van der Waals surface area contributed by atoms with Crippen LogP contribution in [0.2, 0.25) is 10.0 Å². The summed E-state index contributed by atoms with van der Waals surface area (Å²) in [6, 6.07) is 5.14. The molecule has 1 atom stereocenters. The first-order chi connectivity index (χ1) is 9.06. The second-order valence-electron chi connectivity index (χ2n) is 4.79. The summed E-state index contributed by atoms with van der Waals surface area (Å²) in [4.78, 5) is 23.8. The molecule has 1 aliphatic heterocycles. The summed E-state index contributed by atoms with van der Waals surface area (Å²) in [5.74, 6) is -0.254. The molecule has 1 N–H and O–H groups in total. The van der Waals surface area contributed by atoms with Crippen molar-refractivity contribution in [3.05, 3.63) is 45.1 Å². The SMILES string of the molecule is O=C1CC(c2cc(Cl)ccc2Cl)C2=C(CCC2=O)N1. The summed E-state index contributed by atoms with van der Waals surface area (Å²) in [7, 11) is 0. The van der Waals surface area contributed by atoms with Gasteiger partial charge in [0, 0.05) is 40.1 Å². The van der Waals surface area contributed by atoms with E-state index in [2.05, 4.69) is 5.32 Å². The molecule has 0 radical (unpaired) electrons. The zero-order valence-corrected chi connectivity index (χ0v) is 11.5. The predicted octanol–water partition coefficient (Wildman–Crippen LogP) is 3.21. The van der Waals surface area contributed by atoms with E-state index in [0.29, 0.717) is 28.5 Å². The van der Waals surface area contributed by atoms with Crippen molar-refractivity contribution in [1.29, 1.82) is 0 Å². The van der Waals surface area contributed by atoms with Gasteiger partial charge in [-0.25, -0.2) is 0 Å². The van der Waals surface area contributed by atoms with E-state index in [1.807, 2.05) is 0 Å². The van der Waals surface area contributed by atoms with Crippen molar-refractivity contribution in [2.75, 3.05) is 0 Å². The third-order valence-corrected chi connectivity index (χ3v) is 4.17. The van der Waals surface area contributed by atoms with Gasteiger partial charge in [-0.3, -0.25) is 9.59 Å². The van der Waals surface area contributed by atoms with Crippen LogP contribution in [0.15, 0.2) is 29.5 Å². The highest BCUT2D eigenvalue weighted by Gasteiger charge is 2.37. The van der Waals surface area contributed by atoms with Crippen LogP contribution in [0.4, 0.5) is 0 Å². The number of rotatable bonds is 1. The number of benzene rings is 1. The Hall–Kier alpha value is -1.32. The van der Waals surface area contributed by atoms with Crippen molar-refractivity contribution in [1.82, 2.24) is 5.32 Å². The van der Waals surface area contributed by atoms with E-state index in [1.165, 1.54) is 0 Å². The Labute approximate surface area is 120 Å². The molecule has 1 amide bonds. The molecule has 0 saturated heterocycles. The lowest BCUT2D eigenvalue weighted by Gasteiger charge is -2.25. The molecule has 1 aromatic rings. The molecule has 1 heterocycles. The molecule has 19 heavy (non-hydrogen) atoms. The highest BCUT2D eigenvalue weighted by Crippen LogP contribution is 2.41. The van der Waals surface area contributed by atoms with E-state index in [1.54, 1.807) is 18.2 Å². The number of carbonyl (C=O) groups is 2. The Morgan fingerprint density at radius 3 is 2.74 bits per heavy atom. The molecule has 0 spiro atoms. The number of amides is 1. The van der Waals surface area contributed by atoms with Gasteiger partial charge in [0.15, 0.2) is 5.78 Å². The number of ketones is 1. The molecule has 1 aromatic carbocycles. The predicted molar refractivity (Wildman–Crippen MR) is 73.2 cm³/mol. The van der Waals surface area contributed by atoms with Crippen molar-refractivity contribution in [2.24, 2.45) is 0 Å². The van der Waals surface area contributed by atoms with Crippen LogP contribution in [-0.2, 0) is 9.59 Å². The van der Waals surface area contributed by atoms with Gasteiger partial charge in [-0.05, 0) is 30.2 Å². The minimum absolute atomic E-state index is 0.0745. The van der Waals surface area contributed by atoms with Gasteiger partial charge in [0.2, 0.25) is 5.91 Å². The number of allylic oxidation sites excluding steroid dienone is 2. The molecule has 2 aliphatic rings. The number of hydrogen-bond donors (Lipinski definition) is 1. The van der Waals surface area contributed by atoms with Crippen LogP contribution in [0.25, 0.3) is 0 Å². The number of hydrogen-bond acceptors (Lipinski definition) is 2. The highest BCUT2D eigenvalue weighted by molar-refractivity contribution is 6.33. The van der Waals surface area contributed by atoms with Crippen LogP contribution >= 0.6 is 23.2 Å². The number of halogens is 2. The van der Waals surface area contributed by atoms with Gasteiger partial charge in [0.25, 0.3) is 0 Å². The van der Waals surface area contributed by atoms with Gasteiger partial charge in [-0.15, -0.1) is 0 Å². The quantitative estimate of drug-likeness (QED) is 0.865. The lowest BCUT2D eigenvalue weighted by Crippen LogP contribution is -2.31. The van der Waals surface area contributed by atoms with Crippen molar-refractivity contribution in [3.63, 3.8) is 0 Å². The van der Waals surface area contributed by atoms with E-state index in [4.69, 9.17) is 23.2 Å². The molecule has 1 aliphatic carbocycles. The Kier molecular flexibility index (Phi) is 3.11. The summed E-state index contributed by atoms with van der Waals surface area (Å²) < 4.78 is 0. The zero-order valence-electron chi connectivity index (χ0n) is 10.0. The standard InChI is InChI=1S/C14H11Cl2NO2/c15-7-1-2-10(16)8(5-7)9-6-13(19)17-11-3-4-12(18)14(9)11/h1-2,5,9H,3-4,6H2,(H,17,19). The minimum Gasteiger partial charge on any atom is -0.329 e. The molecule has 0 aromatic heterocycles.